The quantitative estimate of drug-likeness (QED) is 0.139. The minimum Gasteiger partial charge on any atom is -0.480 e. The van der Waals surface area contributed by atoms with E-state index in [1.54, 1.807) is 13.8 Å². The van der Waals surface area contributed by atoms with Crippen LogP contribution in [0.4, 0.5) is 0 Å². The first kappa shape index (κ1) is 28.3. The average molecular weight is 445 g/mol. The second-order valence-corrected chi connectivity index (χ2v) is 7.75. The first-order valence-corrected chi connectivity index (χ1v) is 10.3. The number of hydrogen-bond donors (Lipinski definition) is 7. The summed E-state index contributed by atoms with van der Waals surface area (Å²) in [5.41, 5.74) is 16.4. The third-order valence-corrected chi connectivity index (χ3v) is 4.64. The van der Waals surface area contributed by atoms with E-state index >= 15 is 0 Å². The van der Waals surface area contributed by atoms with Crippen molar-refractivity contribution in [2.75, 3.05) is 6.54 Å². The van der Waals surface area contributed by atoms with E-state index in [9.17, 15) is 24.0 Å². The van der Waals surface area contributed by atoms with E-state index < -0.39 is 53.8 Å². The van der Waals surface area contributed by atoms with Crippen molar-refractivity contribution in [1.82, 2.24) is 16.0 Å². The predicted octanol–water partition coefficient (Wildman–Crippen LogP) is -2.08. The molecule has 0 saturated heterocycles. The lowest BCUT2D eigenvalue weighted by Crippen LogP contribution is -2.57. The van der Waals surface area contributed by atoms with Crippen LogP contribution in [0.25, 0.3) is 0 Å². The van der Waals surface area contributed by atoms with E-state index in [0.29, 0.717) is 19.4 Å². The normalized spacial score (nSPS) is 14.8. The summed E-state index contributed by atoms with van der Waals surface area (Å²) in [5, 5.41) is 16.3. The van der Waals surface area contributed by atoms with Gasteiger partial charge in [-0.1, -0.05) is 13.8 Å². The molecule has 4 unspecified atom stereocenters. The van der Waals surface area contributed by atoms with Gasteiger partial charge in [0.1, 0.15) is 18.1 Å². The third-order valence-electron chi connectivity index (χ3n) is 4.64. The molecule has 0 heterocycles. The molecule has 12 nitrogen and oxygen atoms in total. The highest BCUT2D eigenvalue weighted by atomic mass is 16.4. The zero-order valence-corrected chi connectivity index (χ0v) is 18.3. The summed E-state index contributed by atoms with van der Waals surface area (Å²) in [7, 11) is 0. The molecule has 178 valence electrons. The Kier molecular flexibility index (Phi) is 13.0. The van der Waals surface area contributed by atoms with Crippen molar-refractivity contribution in [2.24, 2.45) is 23.1 Å². The summed E-state index contributed by atoms with van der Waals surface area (Å²) < 4.78 is 0. The number of carboxylic acids is 1. The predicted molar refractivity (Wildman–Crippen MR) is 113 cm³/mol. The van der Waals surface area contributed by atoms with Crippen molar-refractivity contribution in [2.45, 2.75) is 77.0 Å². The SMILES string of the molecule is CC(NC(=O)C(CCCCN)NC(=O)C(CCC(N)=O)NC(=O)C(N)C(C)C)C(=O)O. The Morgan fingerprint density at radius 3 is 1.84 bits per heavy atom. The Bertz CT molecular complexity index is 641. The van der Waals surface area contributed by atoms with Crippen LogP contribution in [0.5, 0.6) is 0 Å². The Morgan fingerprint density at radius 2 is 1.35 bits per heavy atom. The molecular weight excluding hydrogens is 408 g/mol. The molecule has 0 aromatic rings. The summed E-state index contributed by atoms with van der Waals surface area (Å²) >= 11 is 0. The van der Waals surface area contributed by atoms with Crippen molar-refractivity contribution >= 4 is 29.6 Å². The maximum absolute atomic E-state index is 12.8. The first-order chi connectivity index (χ1) is 14.4. The number of aliphatic carboxylic acids is 1. The number of carbonyl (C=O) groups excluding carboxylic acids is 4. The number of hydrogen-bond acceptors (Lipinski definition) is 7. The number of carboxylic acid groups (broad SMARTS) is 1. The van der Waals surface area contributed by atoms with Crippen LogP contribution in [-0.2, 0) is 24.0 Å². The summed E-state index contributed by atoms with van der Waals surface area (Å²) in [4.78, 5) is 59.8. The second-order valence-electron chi connectivity index (χ2n) is 7.75. The number of nitrogens with one attached hydrogen (secondary N) is 3. The van der Waals surface area contributed by atoms with Crippen molar-refractivity contribution < 1.29 is 29.1 Å². The Morgan fingerprint density at radius 1 is 0.839 bits per heavy atom. The molecule has 0 bridgehead atoms. The van der Waals surface area contributed by atoms with E-state index in [2.05, 4.69) is 16.0 Å². The lowest BCUT2D eigenvalue weighted by atomic mass is 10.0. The zero-order valence-electron chi connectivity index (χ0n) is 18.3. The molecule has 31 heavy (non-hydrogen) atoms. The molecule has 0 aliphatic rings. The lowest BCUT2D eigenvalue weighted by Gasteiger charge is -2.25. The van der Waals surface area contributed by atoms with Gasteiger partial charge in [0.15, 0.2) is 0 Å². The van der Waals surface area contributed by atoms with E-state index in [1.165, 1.54) is 6.92 Å². The van der Waals surface area contributed by atoms with Crippen LogP contribution in [0.2, 0.25) is 0 Å². The molecule has 0 aliphatic carbocycles. The molecule has 10 N–H and O–H groups in total. The van der Waals surface area contributed by atoms with Crippen LogP contribution in [0.15, 0.2) is 0 Å². The van der Waals surface area contributed by atoms with Crippen LogP contribution in [0, 0.1) is 5.92 Å². The van der Waals surface area contributed by atoms with Crippen molar-refractivity contribution in [3.05, 3.63) is 0 Å². The highest BCUT2D eigenvalue weighted by Crippen LogP contribution is 2.06. The van der Waals surface area contributed by atoms with Gasteiger partial charge in [0.25, 0.3) is 0 Å². The van der Waals surface area contributed by atoms with Gasteiger partial charge >= 0.3 is 5.97 Å². The molecule has 0 rings (SSSR count). The van der Waals surface area contributed by atoms with Gasteiger partial charge in [-0.3, -0.25) is 24.0 Å². The van der Waals surface area contributed by atoms with Crippen LogP contribution < -0.4 is 33.2 Å². The van der Waals surface area contributed by atoms with Gasteiger partial charge in [-0.25, -0.2) is 0 Å². The fraction of sp³-hybridized carbons (Fsp3) is 0.737. The first-order valence-electron chi connectivity index (χ1n) is 10.3. The Hall–Kier alpha value is -2.73. The zero-order chi connectivity index (χ0) is 24.1. The van der Waals surface area contributed by atoms with Crippen LogP contribution in [0.1, 0.15) is 52.9 Å². The highest BCUT2D eigenvalue weighted by molar-refractivity contribution is 5.94. The topological polar surface area (TPSA) is 220 Å². The van der Waals surface area contributed by atoms with Gasteiger partial charge in [0.2, 0.25) is 23.6 Å². The van der Waals surface area contributed by atoms with E-state index in [1.807, 2.05) is 0 Å². The van der Waals surface area contributed by atoms with Crippen molar-refractivity contribution in [3.8, 4) is 0 Å². The molecule has 0 aromatic carbocycles. The number of unbranched alkanes of at least 4 members (excludes halogenated alkanes) is 1. The fourth-order valence-corrected chi connectivity index (χ4v) is 2.54. The summed E-state index contributed by atoms with van der Waals surface area (Å²) in [6, 6.07) is -4.22. The molecule has 0 fully saturated rings. The second kappa shape index (κ2) is 14.3. The van der Waals surface area contributed by atoms with Crippen LogP contribution in [-0.4, -0.2) is 65.4 Å². The van der Waals surface area contributed by atoms with Gasteiger partial charge in [0.05, 0.1) is 6.04 Å². The number of carbonyl (C=O) groups is 5. The van der Waals surface area contributed by atoms with Gasteiger partial charge in [-0.15, -0.1) is 0 Å². The van der Waals surface area contributed by atoms with E-state index in [-0.39, 0.29) is 25.2 Å². The number of nitrogens with two attached hydrogens (primary N) is 3. The van der Waals surface area contributed by atoms with Gasteiger partial charge in [0, 0.05) is 6.42 Å². The smallest absolute Gasteiger partial charge is 0.325 e. The standard InChI is InChI=1S/C19H36N6O6/c1-10(2)15(22)18(29)25-13(7-8-14(21)26)17(28)24-12(6-4-5-9-20)16(27)23-11(3)19(30)31/h10-13,15H,4-9,20,22H2,1-3H3,(H2,21,26)(H,23,27)(H,24,28)(H,25,29)(H,30,31). The molecule has 0 aromatic heterocycles. The van der Waals surface area contributed by atoms with Crippen molar-refractivity contribution in [3.63, 3.8) is 0 Å². The van der Waals surface area contributed by atoms with Crippen molar-refractivity contribution in [1.29, 1.82) is 0 Å². The average Bonchev–Trinajstić information content (AvgIpc) is 2.68. The Labute approximate surface area is 182 Å². The summed E-state index contributed by atoms with van der Waals surface area (Å²) in [5.74, 6) is -4.04. The van der Waals surface area contributed by atoms with Gasteiger partial charge < -0.3 is 38.3 Å². The molecule has 0 radical (unpaired) electrons. The van der Waals surface area contributed by atoms with Crippen LogP contribution in [0.3, 0.4) is 0 Å². The lowest BCUT2D eigenvalue weighted by molar-refractivity contribution is -0.141. The number of amides is 4. The molecule has 4 atom stereocenters. The minimum atomic E-state index is -1.23. The minimum absolute atomic E-state index is 0.0829. The van der Waals surface area contributed by atoms with Crippen LogP contribution >= 0.6 is 0 Å². The highest BCUT2D eigenvalue weighted by Gasteiger charge is 2.29. The number of primary amides is 1. The van der Waals surface area contributed by atoms with Gasteiger partial charge in [-0.2, -0.15) is 0 Å². The molecular formula is C19H36N6O6. The monoisotopic (exact) mass is 444 g/mol. The number of rotatable bonds is 15. The third kappa shape index (κ3) is 11.3. The maximum atomic E-state index is 12.8. The van der Waals surface area contributed by atoms with E-state index in [0.717, 1.165) is 0 Å². The molecule has 0 saturated carbocycles. The fourth-order valence-electron chi connectivity index (χ4n) is 2.54. The molecule has 4 amide bonds. The molecule has 12 heteroatoms. The van der Waals surface area contributed by atoms with E-state index in [4.69, 9.17) is 22.3 Å². The maximum Gasteiger partial charge on any atom is 0.325 e. The van der Waals surface area contributed by atoms with Gasteiger partial charge in [-0.05, 0) is 45.1 Å². The largest absolute Gasteiger partial charge is 0.480 e. The Balaban J connectivity index is 5.40. The molecule has 0 spiro atoms. The summed E-state index contributed by atoms with van der Waals surface area (Å²) in [6.45, 7) is 5.16. The summed E-state index contributed by atoms with van der Waals surface area (Å²) in [6.07, 6.45) is 1.06. The molecule has 0 aliphatic heterocycles.